The molecule has 0 aromatic rings. The van der Waals surface area contributed by atoms with Crippen LogP contribution in [0.3, 0.4) is 0 Å². The van der Waals surface area contributed by atoms with Crippen LogP contribution in [0.2, 0.25) is 0 Å². The summed E-state index contributed by atoms with van der Waals surface area (Å²) >= 11 is 0. The molecule has 1 aliphatic rings. The third-order valence-electron chi connectivity index (χ3n) is 3.86. The lowest BCUT2D eigenvalue weighted by Gasteiger charge is -2.45. The van der Waals surface area contributed by atoms with Crippen LogP contribution in [-0.4, -0.2) is 23.8 Å². The molecule has 3 heteroatoms. The van der Waals surface area contributed by atoms with Crippen molar-refractivity contribution in [3.8, 4) is 0 Å². The van der Waals surface area contributed by atoms with Crippen LogP contribution in [0.5, 0.6) is 0 Å². The summed E-state index contributed by atoms with van der Waals surface area (Å²) in [6.45, 7) is 8.14. The Bertz CT molecular complexity index is 235. The average molecular weight is 214 g/mol. The number of carbonyl (C=O) groups excluding carboxylic acids is 1. The lowest BCUT2D eigenvalue weighted by molar-refractivity contribution is -0.148. The maximum absolute atomic E-state index is 10.8. The molecule has 15 heavy (non-hydrogen) atoms. The molecule has 0 unspecified atom stereocenters. The molecular weight excluding hydrogens is 192 g/mol. The first-order chi connectivity index (χ1) is 6.85. The van der Waals surface area contributed by atoms with Crippen molar-refractivity contribution in [1.29, 1.82) is 0 Å². The molecule has 1 N–H and O–H groups in total. The second-order valence-electron chi connectivity index (χ2n) is 5.30. The van der Waals surface area contributed by atoms with Gasteiger partial charge < -0.3 is 9.84 Å². The normalized spacial score (nSPS) is 34.9. The molecule has 0 spiro atoms. The number of hydrogen-bond acceptors (Lipinski definition) is 3. The predicted octanol–water partition coefficient (Wildman–Crippen LogP) is 1.98. The van der Waals surface area contributed by atoms with Crippen LogP contribution >= 0.6 is 0 Å². The zero-order valence-corrected chi connectivity index (χ0v) is 10.1. The van der Waals surface area contributed by atoms with E-state index in [9.17, 15) is 9.90 Å². The Morgan fingerprint density at radius 1 is 1.47 bits per heavy atom. The number of aliphatic hydroxyl groups excluding tert-OH is 1. The third kappa shape index (κ3) is 2.71. The van der Waals surface area contributed by atoms with E-state index in [0.717, 1.165) is 12.8 Å². The van der Waals surface area contributed by atoms with Gasteiger partial charge in [-0.15, -0.1) is 0 Å². The highest BCUT2D eigenvalue weighted by Crippen LogP contribution is 2.44. The van der Waals surface area contributed by atoms with E-state index in [1.165, 1.54) is 6.92 Å². The summed E-state index contributed by atoms with van der Waals surface area (Å²) in [4.78, 5) is 10.8. The van der Waals surface area contributed by atoms with Crippen LogP contribution in [0.1, 0.15) is 40.5 Å². The molecule has 0 aromatic heterocycles. The van der Waals surface area contributed by atoms with Crippen molar-refractivity contribution in [2.45, 2.75) is 46.6 Å². The lowest BCUT2D eigenvalue weighted by Crippen LogP contribution is -2.46. The van der Waals surface area contributed by atoms with Crippen LogP contribution in [0, 0.1) is 17.3 Å². The van der Waals surface area contributed by atoms with E-state index < -0.39 is 0 Å². The molecule has 0 radical (unpaired) electrons. The van der Waals surface area contributed by atoms with Gasteiger partial charge in [-0.05, 0) is 24.2 Å². The first-order valence-corrected chi connectivity index (χ1v) is 5.67. The van der Waals surface area contributed by atoms with Gasteiger partial charge in [-0.25, -0.2) is 0 Å². The number of hydrogen-bond donors (Lipinski definition) is 1. The van der Waals surface area contributed by atoms with Gasteiger partial charge in [0.1, 0.15) is 0 Å². The zero-order chi connectivity index (χ0) is 11.6. The van der Waals surface area contributed by atoms with Crippen molar-refractivity contribution in [2.75, 3.05) is 6.61 Å². The number of aliphatic hydroxyl groups is 1. The number of rotatable bonds is 2. The first kappa shape index (κ1) is 12.5. The molecule has 0 aliphatic heterocycles. The topological polar surface area (TPSA) is 46.5 Å². The van der Waals surface area contributed by atoms with Gasteiger partial charge in [-0.1, -0.05) is 20.8 Å². The SMILES string of the molecule is CC(=O)OC[C@@H]1[C@H](C)CC[C@H](O)C1(C)C. The second-order valence-corrected chi connectivity index (χ2v) is 5.30. The van der Waals surface area contributed by atoms with Gasteiger partial charge in [0.25, 0.3) is 0 Å². The van der Waals surface area contributed by atoms with E-state index in [0.29, 0.717) is 12.5 Å². The van der Waals surface area contributed by atoms with Crippen LogP contribution in [0.4, 0.5) is 0 Å². The van der Waals surface area contributed by atoms with Crippen molar-refractivity contribution in [1.82, 2.24) is 0 Å². The maximum Gasteiger partial charge on any atom is 0.302 e. The summed E-state index contributed by atoms with van der Waals surface area (Å²) in [6, 6.07) is 0. The van der Waals surface area contributed by atoms with Gasteiger partial charge in [-0.2, -0.15) is 0 Å². The van der Waals surface area contributed by atoms with Crippen LogP contribution in [0.15, 0.2) is 0 Å². The minimum atomic E-state index is -0.283. The molecular formula is C12H22O3. The fourth-order valence-corrected chi connectivity index (χ4v) is 2.56. The van der Waals surface area contributed by atoms with E-state index >= 15 is 0 Å². The summed E-state index contributed by atoms with van der Waals surface area (Å²) < 4.78 is 5.09. The molecule has 0 amide bonds. The average Bonchev–Trinajstić information content (AvgIpc) is 2.11. The number of esters is 1. The van der Waals surface area contributed by atoms with Gasteiger partial charge in [0.15, 0.2) is 0 Å². The Labute approximate surface area is 91.8 Å². The summed E-state index contributed by atoms with van der Waals surface area (Å²) in [5, 5.41) is 9.95. The summed E-state index contributed by atoms with van der Waals surface area (Å²) in [5.41, 5.74) is -0.160. The molecule has 3 atom stereocenters. The van der Waals surface area contributed by atoms with Gasteiger partial charge in [0, 0.05) is 12.8 Å². The van der Waals surface area contributed by atoms with E-state index in [2.05, 4.69) is 20.8 Å². The first-order valence-electron chi connectivity index (χ1n) is 5.67. The van der Waals surface area contributed by atoms with Gasteiger partial charge in [-0.3, -0.25) is 4.79 Å². The highest BCUT2D eigenvalue weighted by molar-refractivity contribution is 5.65. The Balaban J connectivity index is 2.67. The monoisotopic (exact) mass is 214 g/mol. The fourth-order valence-electron chi connectivity index (χ4n) is 2.56. The highest BCUT2D eigenvalue weighted by Gasteiger charge is 2.43. The van der Waals surface area contributed by atoms with E-state index in [-0.39, 0.29) is 23.4 Å². The van der Waals surface area contributed by atoms with Crippen molar-refractivity contribution in [3.05, 3.63) is 0 Å². The Kier molecular flexibility index (Phi) is 3.77. The molecule has 0 aromatic carbocycles. The largest absolute Gasteiger partial charge is 0.466 e. The molecule has 0 heterocycles. The molecule has 0 saturated heterocycles. The lowest BCUT2D eigenvalue weighted by atomic mass is 9.63. The third-order valence-corrected chi connectivity index (χ3v) is 3.86. The molecule has 1 saturated carbocycles. The number of ether oxygens (including phenoxy) is 1. The quantitative estimate of drug-likeness (QED) is 0.715. The van der Waals surface area contributed by atoms with Crippen molar-refractivity contribution < 1.29 is 14.6 Å². The van der Waals surface area contributed by atoms with Gasteiger partial charge in [0.2, 0.25) is 0 Å². The maximum atomic E-state index is 10.8. The minimum absolute atomic E-state index is 0.160. The van der Waals surface area contributed by atoms with Crippen molar-refractivity contribution >= 4 is 5.97 Å². The smallest absolute Gasteiger partial charge is 0.302 e. The minimum Gasteiger partial charge on any atom is -0.466 e. The van der Waals surface area contributed by atoms with Gasteiger partial charge >= 0.3 is 5.97 Å². The molecule has 1 aliphatic carbocycles. The molecule has 1 rings (SSSR count). The van der Waals surface area contributed by atoms with Crippen LogP contribution in [-0.2, 0) is 9.53 Å². The molecule has 3 nitrogen and oxygen atoms in total. The standard InChI is InChI=1S/C12H22O3/c1-8-5-6-11(14)12(3,4)10(8)7-15-9(2)13/h8,10-11,14H,5-7H2,1-4H3/t8-,10-,11+/m1/s1. The summed E-state index contributed by atoms with van der Waals surface area (Å²) in [5.74, 6) is 0.519. The second kappa shape index (κ2) is 4.52. The predicted molar refractivity (Wildman–Crippen MR) is 58.3 cm³/mol. The van der Waals surface area contributed by atoms with Crippen molar-refractivity contribution in [3.63, 3.8) is 0 Å². The van der Waals surface area contributed by atoms with E-state index in [1.54, 1.807) is 0 Å². The zero-order valence-electron chi connectivity index (χ0n) is 10.1. The van der Waals surface area contributed by atoms with Crippen molar-refractivity contribution in [2.24, 2.45) is 17.3 Å². The molecule has 1 fully saturated rings. The van der Waals surface area contributed by atoms with Crippen LogP contribution in [0.25, 0.3) is 0 Å². The van der Waals surface area contributed by atoms with E-state index in [1.807, 2.05) is 0 Å². The Hall–Kier alpha value is -0.570. The summed E-state index contributed by atoms with van der Waals surface area (Å²) in [7, 11) is 0. The highest BCUT2D eigenvalue weighted by atomic mass is 16.5. The fraction of sp³-hybridized carbons (Fsp3) is 0.917. The number of carbonyl (C=O) groups is 1. The Morgan fingerprint density at radius 3 is 2.60 bits per heavy atom. The van der Waals surface area contributed by atoms with Gasteiger partial charge in [0.05, 0.1) is 12.7 Å². The van der Waals surface area contributed by atoms with Crippen LogP contribution < -0.4 is 0 Å². The van der Waals surface area contributed by atoms with E-state index in [4.69, 9.17) is 4.74 Å². The Morgan fingerprint density at radius 2 is 2.07 bits per heavy atom. The molecule has 0 bridgehead atoms. The summed E-state index contributed by atoms with van der Waals surface area (Å²) in [6.07, 6.45) is 1.58. The molecule has 88 valence electrons.